The summed E-state index contributed by atoms with van der Waals surface area (Å²) < 4.78 is 0. The molecule has 0 spiro atoms. The van der Waals surface area contributed by atoms with E-state index in [1.807, 2.05) is 6.92 Å². The van der Waals surface area contributed by atoms with Crippen molar-refractivity contribution in [1.29, 1.82) is 0 Å². The minimum atomic E-state index is -0.0578. The van der Waals surface area contributed by atoms with Gasteiger partial charge in [-0.3, -0.25) is 0 Å². The molecule has 1 aromatic heterocycles. The molecule has 1 aliphatic carbocycles. The Balaban J connectivity index is 1.51. The maximum Gasteiger partial charge on any atom is 0.315 e. The van der Waals surface area contributed by atoms with Gasteiger partial charge < -0.3 is 15.7 Å². The van der Waals surface area contributed by atoms with Crippen LogP contribution in [0.15, 0.2) is 5.38 Å². The summed E-state index contributed by atoms with van der Waals surface area (Å²) in [5.74, 6) is 0.426. The standard InChI is InChI=1S/C16H27N3O2S/c1-12-11-22-15(18-12)4-2-3-9-17-16(21)19-14-7-5-13(10-20)6-8-14/h11,13-14,20H,2-10H2,1H3,(H2,17,19,21). The second kappa shape index (κ2) is 9.10. The zero-order valence-electron chi connectivity index (χ0n) is 13.3. The molecule has 124 valence electrons. The van der Waals surface area contributed by atoms with Gasteiger partial charge in [0, 0.05) is 30.3 Å². The third-order valence-electron chi connectivity index (χ3n) is 4.21. The van der Waals surface area contributed by atoms with E-state index >= 15 is 0 Å². The van der Waals surface area contributed by atoms with E-state index in [2.05, 4.69) is 21.0 Å². The van der Waals surface area contributed by atoms with Crippen LogP contribution in [0.5, 0.6) is 0 Å². The van der Waals surface area contributed by atoms with Gasteiger partial charge in [-0.05, 0) is 57.8 Å². The highest BCUT2D eigenvalue weighted by molar-refractivity contribution is 7.09. The molecule has 0 saturated heterocycles. The minimum Gasteiger partial charge on any atom is -0.396 e. The van der Waals surface area contributed by atoms with Gasteiger partial charge in [0.05, 0.1) is 5.01 Å². The Kier molecular flexibility index (Phi) is 7.12. The van der Waals surface area contributed by atoms with Gasteiger partial charge in [0.2, 0.25) is 0 Å². The Hall–Kier alpha value is -1.14. The molecule has 5 nitrogen and oxygen atoms in total. The van der Waals surface area contributed by atoms with Crippen molar-refractivity contribution < 1.29 is 9.90 Å². The van der Waals surface area contributed by atoms with Crippen molar-refractivity contribution in [3.63, 3.8) is 0 Å². The molecule has 0 radical (unpaired) electrons. The molecule has 1 saturated carbocycles. The summed E-state index contributed by atoms with van der Waals surface area (Å²) in [6, 6.07) is 0.207. The summed E-state index contributed by atoms with van der Waals surface area (Å²) in [6.07, 6.45) is 6.98. The number of aliphatic hydroxyl groups is 1. The monoisotopic (exact) mass is 325 g/mol. The molecule has 0 aliphatic heterocycles. The predicted molar refractivity (Wildman–Crippen MR) is 89.2 cm³/mol. The summed E-state index contributed by atoms with van der Waals surface area (Å²) in [7, 11) is 0. The summed E-state index contributed by atoms with van der Waals surface area (Å²) in [4.78, 5) is 16.3. The number of amides is 2. The van der Waals surface area contributed by atoms with Crippen molar-refractivity contribution >= 4 is 17.4 Å². The molecule has 1 fully saturated rings. The first-order chi connectivity index (χ1) is 10.7. The van der Waals surface area contributed by atoms with E-state index in [4.69, 9.17) is 5.11 Å². The van der Waals surface area contributed by atoms with Crippen LogP contribution < -0.4 is 10.6 Å². The number of nitrogens with one attached hydrogen (secondary N) is 2. The average Bonchev–Trinajstić information content (AvgIpc) is 2.93. The van der Waals surface area contributed by atoms with E-state index in [0.29, 0.717) is 12.5 Å². The van der Waals surface area contributed by atoms with E-state index in [0.717, 1.165) is 50.6 Å². The molecule has 0 bridgehead atoms. The van der Waals surface area contributed by atoms with Crippen LogP contribution in [0.4, 0.5) is 4.79 Å². The van der Waals surface area contributed by atoms with Crippen LogP contribution in [0, 0.1) is 12.8 Å². The Morgan fingerprint density at radius 1 is 1.36 bits per heavy atom. The molecular formula is C16H27N3O2S. The highest BCUT2D eigenvalue weighted by atomic mass is 32.1. The van der Waals surface area contributed by atoms with Gasteiger partial charge in [0.15, 0.2) is 0 Å². The smallest absolute Gasteiger partial charge is 0.315 e. The normalized spacial score (nSPS) is 21.5. The van der Waals surface area contributed by atoms with E-state index in [9.17, 15) is 4.79 Å². The van der Waals surface area contributed by atoms with Crippen LogP contribution in [-0.4, -0.2) is 35.3 Å². The fourth-order valence-electron chi connectivity index (χ4n) is 2.85. The minimum absolute atomic E-state index is 0.0578. The molecule has 1 heterocycles. The van der Waals surface area contributed by atoms with E-state index < -0.39 is 0 Å². The quantitative estimate of drug-likeness (QED) is 0.675. The molecule has 2 rings (SSSR count). The van der Waals surface area contributed by atoms with Crippen molar-refractivity contribution in [1.82, 2.24) is 15.6 Å². The maximum atomic E-state index is 11.8. The third-order valence-corrected chi connectivity index (χ3v) is 5.24. The number of unbranched alkanes of at least 4 members (excludes halogenated alkanes) is 1. The molecule has 3 N–H and O–H groups in total. The number of carbonyl (C=O) groups is 1. The number of nitrogens with zero attached hydrogens (tertiary/aromatic N) is 1. The Morgan fingerprint density at radius 3 is 2.77 bits per heavy atom. The van der Waals surface area contributed by atoms with Crippen molar-refractivity contribution in [2.75, 3.05) is 13.2 Å². The number of aryl methyl sites for hydroxylation is 2. The molecule has 1 aromatic rings. The zero-order chi connectivity index (χ0) is 15.8. The Bertz CT molecular complexity index is 456. The number of aromatic nitrogens is 1. The zero-order valence-corrected chi connectivity index (χ0v) is 14.1. The topological polar surface area (TPSA) is 74.2 Å². The molecular weight excluding hydrogens is 298 g/mol. The number of thiazole rings is 1. The lowest BCUT2D eigenvalue weighted by molar-refractivity contribution is 0.174. The fraction of sp³-hybridized carbons (Fsp3) is 0.750. The highest BCUT2D eigenvalue weighted by Gasteiger charge is 2.21. The van der Waals surface area contributed by atoms with Crippen molar-refractivity contribution in [2.24, 2.45) is 5.92 Å². The van der Waals surface area contributed by atoms with E-state index in [1.54, 1.807) is 11.3 Å². The number of hydrogen-bond acceptors (Lipinski definition) is 4. The van der Waals surface area contributed by atoms with Gasteiger partial charge >= 0.3 is 6.03 Å². The average molecular weight is 325 g/mol. The lowest BCUT2D eigenvalue weighted by atomic mass is 9.87. The fourth-order valence-corrected chi connectivity index (χ4v) is 3.66. The molecule has 2 amide bonds. The van der Waals surface area contributed by atoms with Crippen LogP contribution in [-0.2, 0) is 6.42 Å². The first-order valence-corrected chi connectivity index (χ1v) is 9.11. The number of carbonyl (C=O) groups excluding carboxylic acids is 1. The number of aliphatic hydroxyl groups excluding tert-OH is 1. The second-order valence-electron chi connectivity index (χ2n) is 6.14. The molecule has 0 aromatic carbocycles. The largest absolute Gasteiger partial charge is 0.396 e. The third kappa shape index (κ3) is 5.93. The van der Waals surface area contributed by atoms with Gasteiger partial charge in [-0.1, -0.05) is 0 Å². The first-order valence-electron chi connectivity index (χ1n) is 8.23. The summed E-state index contributed by atoms with van der Waals surface area (Å²) in [5.41, 5.74) is 1.09. The Labute approximate surface area is 136 Å². The van der Waals surface area contributed by atoms with Gasteiger partial charge in [0.25, 0.3) is 0 Å². The van der Waals surface area contributed by atoms with Crippen molar-refractivity contribution in [3.8, 4) is 0 Å². The lowest BCUT2D eigenvalue weighted by Crippen LogP contribution is -2.44. The van der Waals surface area contributed by atoms with Gasteiger partial charge in [-0.2, -0.15) is 0 Å². The summed E-state index contributed by atoms with van der Waals surface area (Å²) in [6.45, 7) is 3.00. The Morgan fingerprint density at radius 2 is 2.14 bits per heavy atom. The van der Waals surface area contributed by atoms with Crippen LogP contribution >= 0.6 is 11.3 Å². The molecule has 6 heteroatoms. The predicted octanol–water partition coefficient (Wildman–Crippen LogP) is 2.62. The lowest BCUT2D eigenvalue weighted by Gasteiger charge is -2.27. The second-order valence-corrected chi connectivity index (χ2v) is 7.08. The number of rotatable bonds is 7. The number of urea groups is 1. The van der Waals surface area contributed by atoms with Crippen molar-refractivity contribution in [2.45, 2.75) is 57.9 Å². The van der Waals surface area contributed by atoms with Gasteiger partial charge in [-0.15, -0.1) is 11.3 Å². The van der Waals surface area contributed by atoms with E-state index in [1.165, 1.54) is 5.01 Å². The van der Waals surface area contributed by atoms with Crippen LogP contribution in [0.1, 0.15) is 49.2 Å². The molecule has 22 heavy (non-hydrogen) atoms. The van der Waals surface area contributed by atoms with Gasteiger partial charge in [-0.25, -0.2) is 9.78 Å². The van der Waals surface area contributed by atoms with Crippen LogP contribution in [0.3, 0.4) is 0 Å². The molecule has 1 aliphatic rings. The molecule has 0 unspecified atom stereocenters. The number of hydrogen-bond donors (Lipinski definition) is 3. The van der Waals surface area contributed by atoms with E-state index in [-0.39, 0.29) is 18.7 Å². The van der Waals surface area contributed by atoms with Crippen LogP contribution in [0.2, 0.25) is 0 Å². The maximum absolute atomic E-state index is 11.8. The van der Waals surface area contributed by atoms with Crippen molar-refractivity contribution in [3.05, 3.63) is 16.1 Å². The summed E-state index contributed by atoms with van der Waals surface area (Å²) >= 11 is 1.71. The first kappa shape index (κ1) is 17.2. The summed E-state index contributed by atoms with van der Waals surface area (Å²) in [5, 5.41) is 18.3. The molecule has 0 atom stereocenters. The highest BCUT2D eigenvalue weighted by Crippen LogP contribution is 2.23. The SMILES string of the molecule is Cc1csc(CCCCNC(=O)NC2CCC(CO)CC2)n1. The van der Waals surface area contributed by atoms with Crippen LogP contribution in [0.25, 0.3) is 0 Å². The van der Waals surface area contributed by atoms with Gasteiger partial charge in [0.1, 0.15) is 0 Å².